The molecular formula is C23H17NO2S. The molecule has 27 heavy (non-hydrogen) atoms. The van der Waals surface area contributed by atoms with Crippen LogP contribution >= 0.6 is 0 Å². The van der Waals surface area contributed by atoms with Crippen LogP contribution in [0.2, 0.25) is 0 Å². The number of benzene rings is 3. The third kappa shape index (κ3) is 2.53. The maximum atomic E-state index is 13.1. The lowest BCUT2D eigenvalue weighted by Crippen LogP contribution is -2.18. The van der Waals surface area contributed by atoms with Crippen LogP contribution in [0.25, 0.3) is 11.1 Å². The smallest absolute Gasteiger partial charge is 0.221 e. The molecule has 3 nitrogen and oxygen atoms in total. The van der Waals surface area contributed by atoms with E-state index in [1.165, 1.54) is 0 Å². The molecule has 132 valence electrons. The van der Waals surface area contributed by atoms with Gasteiger partial charge in [0.15, 0.2) is 0 Å². The topological polar surface area (TPSA) is 33.5 Å². The van der Waals surface area contributed by atoms with E-state index < -0.39 is 10.8 Å². The summed E-state index contributed by atoms with van der Waals surface area (Å²) < 4.78 is 19.1. The maximum absolute atomic E-state index is 13.1. The van der Waals surface area contributed by atoms with Crippen molar-refractivity contribution in [2.45, 2.75) is 16.7 Å². The molecule has 4 heteroatoms. The maximum Gasteiger partial charge on any atom is 0.221 e. The SMILES string of the molecule is Cc1cc2c(o1)N(c1ccccc1-c1ccccc1)c1ccccc1S2=O. The highest BCUT2D eigenvalue weighted by molar-refractivity contribution is 7.85. The molecule has 0 saturated carbocycles. The van der Waals surface area contributed by atoms with Gasteiger partial charge < -0.3 is 4.42 Å². The standard InChI is InChI=1S/C23H17NO2S/c1-16-15-22-23(26-16)24(20-13-7-8-14-21(20)27(22)25)19-12-6-5-11-18(19)17-9-3-2-4-10-17/h2-15H,1H3. The third-order valence-corrected chi connectivity index (χ3v) is 6.18. The summed E-state index contributed by atoms with van der Waals surface area (Å²) >= 11 is 0. The fourth-order valence-corrected chi connectivity index (χ4v) is 4.92. The third-order valence-electron chi connectivity index (χ3n) is 4.74. The zero-order chi connectivity index (χ0) is 18.4. The number of hydrogen-bond acceptors (Lipinski definition) is 3. The van der Waals surface area contributed by atoms with Crippen LogP contribution in [0.5, 0.6) is 0 Å². The van der Waals surface area contributed by atoms with Gasteiger partial charge in [-0.2, -0.15) is 0 Å². The first kappa shape index (κ1) is 16.1. The summed E-state index contributed by atoms with van der Waals surface area (Å²) in [5.74, 6) is 1.39. The van der Waals surface area contributed by atoms with Crippen LogP contribution < -0.4 is 4.90 Å². The van der Waals surface area contributed by atoms with Crippen molar-refractivity contribution < 1.29 is 8.63 Å². The van der Waals surface area contributed by atoms with Crippen LogP contribution in [0.1, 0.15) is 5.76 Å². The average Bonchev–Trinajstić information content (AvgIpc) is 3.11. The fraction of sp³-hybridized carbons (Fsp3) is 0.0435. The van der Waals surface area contributed by atoms with Gasteiger partial charge in [0, 0.05) is 5.56 Å². The summed E-state index contributed by atoms with van der Waals surface area (Å²) in [4.78, 5) is 3.60. The van der Waals surface area contributed by atoms with Crippen molar-refractivity contribution in [2.24, 2.45) is 0 Å². The van der Waals surface area contributed by atoms with E-state index in [1.807, 2.05) is 67.6 Å². The van der Waals surface area contributed by atoms with E-state index in [2.05, 4.69) is 29.2 Å². The predicted molar refractivity (Wildman–Crippen MR) is 108 cm³/mol. The van der Waals surface area contributed by atoms with E-state index in [0.717, 1.165) is 33.2 Å². The lowest BCUT2D eigenvalue weighted by molar-refractivity contribution is 0.536. The largest absolute Gasteiger partial charge is 0.444 e. The minimum Gasteiger partial charge on any atom is -0.444 e. The van der Waals surface area contributed by atoms with Crippen molar-refractivity contribution in [3.8, 4) is 11.1 Å². The molecule has 0 bridgehead atoms. The van der Waals surface area contributed by atoms with Gasteiger partial charge in [0.25, 0.3) is 0 Å². The van der Waals surface area contributed by atoms with E-state index in [0.29, 0.717) is 10.8 Å². The van der Waals surface area contributed by atoms with Crippen molar-refractivity contribution in [1.29, 1.82) is 0 Å². The van der Waals surface area contributed by atoms with Crippen LogP contribution in [-0.4, -0.2) is 4.21 Å². The summed E-state index contributed by atoms with van der Waals surface area (Å²) in [6, 6.07) is 28.2. The predicted octanol–water partition coefficient (Wildman–Crippen LogP) is 6.20. The Morgan fingerprint density at radius 1 is 0.778 bits per heavy atom. The lowest BCUT2D eigenvalue weighted by Gasteiger charge is -2.30. The summed E-state index contributed by atoms with van der Waals surface area (Å²) in [5, 5.41) is 0. The molecule has 0 radical (unpaired) electrons. The van der Waals surface area contributed by atoms with Gasteiger partial charge in [0.2, 0.25) is 5.88 Å². The second kappa shape index (κ2) is 6.25. The molecule has 1 aliphatic rings. The molecule has 2 heterocycles. The molecular weight excluding hydrogens is 354 g/mol. The summed E-state index contributed by atoms with van der Waals surface area (Å²) in [6.45, 7) is 1.89. The first-order chi connectivity index (χ1) is 13.2. The summed E-state index contributed by atoms with van der Waals surface area (Å²) in [5.41, 5.74) is 4.12. The van der Waals surface area contributed by atoms with Crippen molar-refractivity contribution in [3.05, 3.63) is 90.7 Å². The van der Waals surface area contributed by atoms with E-state index >= 15 is 0 Å². The molecule has 0 N–H and O–H groups in total. The Labute approximate surface area is 160 Å². The van der Waals surface area contributed by atoms with Gasteiger partial charge in [-0.05, 0) is 36.8 Å². The quantitative estimate of drug-likeness (QED) is 0.370. The van der Waals surface area contributed by atoms with Crippen molar-refractivity contribution in [2.75, 3.05) is 4.90 Å². The molecule has 0 amide bonds. The van der Waals surface area contributed by atoms with Crippen LogP contribution in [-0.2, 0) is 10.8 Å². The number of aryl methyl sites for hydroxylation is 1. The Balaban J connectivity index is 1.81. The Morgan fingerprint density at radius 2 is 1.44 bits per heavy atom. The molecule has 1 unspecified atom stereocenters. The molecule has 3 aromatic carbocycles. The molecule has 0 spiro atoms. The molecule has 1 aromatic heterocycles. The highest BCUT2D eigenvalue weighted by atomic mass is 32.2. The van der Waals surface area contributed by atoms with E-state index in [9.17, 15) is 4.21 Å². The Hall–Kier alpha value is -3.11. The molecule has 1 aliphatic heterocycles. The normalized spacial score (nSPS) is 15.3. The number of furan rings is 1. The number of rotatable bonds is 2. The molecule has 4 aromatic rings. The highest BCUT2D eigenvalue weighted by Crippen LogP contribution is 2.49. The van der Waals surface area contributed by atoms with Gasteiger partial charge in [-0.15, -0.1) is 0 Å². The van der Waals surface area contributed by atoms with Crippen molar-refractivity contribution in [3.63, 3.8) is 0 Å². The molecule has 0 saturated heterocycles. The molecule has 5 rings (SSSR count). The monoisotopic (exact) mass is 371 g/mol. The van der Waals surface area contributed by atoms with Gasteiger partial charge in [-0.1, -0.05) is 60.7 Å². The van der Waals surface area contributed by atoms with E-state index in [1.54, 1.807) is 0 Å². The molecule has 0 fully saturated rings. The van der Waals surface area contributed by atoms with E-state index in [-0.39, 0.29) is 0 Å². The van der Waals surface area contributed by atoms with E-state index in [4.69, 9.17) is 4.42 Å². The van der Waals surface area contributed by atoms with Crippen LogP contribution in [0, 0.1) is 6.92 Å². The first-order valence-corrected chi connectivity index (χ1v) is 9.95. The van der Waals surface area contributed by atoms with Gasteiger partial charge in [0.05, 0.1) is 27.1 Å². The average molecular weight is 371 g/mol. The van der Waals surface area contributed by atoms with Crippen LogP contribution in [0.4, 0.5) is 17.3 Å². The van der Waals surface area contributed by atoms with Gasteiger partial charge in [-0.3, -0.25) is 4.90 Å². The van der Waals surface area contributed by atoms with Crippen molar-refractivity contribution in [1.82, 2.24) is 0 Å². The second-order valence-corrected chi connectivity index (χ2v) is 7.90. The van der Waals surface area contributed by atoms with Gasteiger partial charge in [-0.25, -0.2) is 4.21 Å². The highest BCUT2D eigenvalue weighted by Gasteiger charge is 2.33. The molecule has 1 atom stereocenters. The second-order valence-electron chi connectivity index (χ2n) is 6.48. The summed E-state index contributed by atoms with van der Waals surface area (Å²) in [7, 11) is -1.25. The Bertz CT molecular complexity index is 1160. The van der Waals surface area contributed by atoms with Crippen LogP contribution in [0.3, 0.4) is 0 Å². The molecule has 0 aliphatic carbocycles. The van der Waals surface area contributed by atoms with Crippen LogP contribution in [0.15, 0.2) is 99.1 Å². The minimum atomic E-state index is -1.25. The van der Waals surface area contributed by atoms with Gasteiger partial charge in [0.1, 0.15) is 10.7 Å². The van der Waals surface area contributed by atoms with Gasteiger partial charge >= 0.3 is 0 Å². The number of nitrogens with zero attached hydrogens (tertiary/aromatic N) is 1. The zero-order valence-corrected chi connectivity index (χ0v) is 15.6. The lowest BCUT2D eigenvalue weighted by atomic mass is 10.0. The van der Waals surface area contributed by atoms with Crippen molar-refractivity contribution >= 4 is 28.1 Å². The Kier molecular flexibility index (Phi) is 3.73. The number of anilines is 3. The minimum absolute atomic E-state index is 0.632. The fourth-order valence-electron chi connectivity index (χ4n) is 3.56. The number of hydrogen-bond donors (Lipinski definition) is 0. The number of fused-ring (bicyclic) bond motifs is 2. The Morgan fingerprint density at radius 3 is 2.26 bits per heavy atom. The summed E-state index contributed by atoms with van der Waals surface area (Å²) in [6.07, 6.45) is 0. The zero-order valence-electron chi connectivity index (χ0n) is 14.8. The first-order valence-electron chi connectivity index (χ1n) is 8.80. The number of para-hydroxylation sites is 2.